The van der Waals surface area contributed by atoms with Gasteiger partial charge in [-0.2, -0.15) is 5.10 Å². The van der Waals surface area contributed by atoms with E-state index >= 15 is 0 Å². The van der Waals surface area contributed by atoms with Crippen molar-refractivity contribution < 1.29 is 4.79 Å². The Morgan fingerprint density at radius 3 is 2.52 bits per heavy atom. The fourth-order valence-electron chi connectivity index (χ4n) is 4.88. The molecule has 1 aliphatic carbocycles. The third kappa shape index (κ3) is 3.66. The predicted octanol–water partition coefficient (Wildman–Crippen LogP) is 3.85. The average Bonchev–Trinajstić information content (AvgIpc) is 3.28. The van der Waals surface area contributed by atoms with Gasteiger partial charge in [0, 0.05) is 24.8 Å². The topological polar surface area (TPSA) is 77.0 Å². The molecule has 0 spiro atoms. The molecule has 160 valence electrons. The number of hydrogen-bond donors (Lipinski definition) is 1. The highest BCUT2D eigenvalue weighted by molar-refractivity contribution is 6.06. The van der Waals surface area contributed by atoms with E-state index in [2.05, 4.69) is 34.6 Å². The molecule has 7 heteroatoms. The first-order valence-corrected chi connectivity index (χ1v) is 10.5. The summed E-state index contributed by atoms with van der Waals surface area (Å²) in [6.07, 6.45) is 2.23. The minimum Gasteiger partial charge on any atom is -0.338 e. The zero-order valence-corrected chi connectivity index (χ0v) is 19.2. The summed E-state index contributed by atoms with van der Waals surface area (Å²) in [5.41, 5.74) is 9.46. The molecule has 1 aliphatic heterocycles. The molecule has 0 bridgehead atoms. The van der Waals surface area contributed by atoms with Crippen LogP contribution < -0.4 is 5.73 Å². The van der Waals surface area contributed by atoms with Crippen LogP contribution in [0.3, 0.4) is 0 Å². The first-order valence-electron chi connectivity index (χ1n) is 10.5. The maximum Gasteiger partial charge on any atom is 0.254 e. The molecule has 0 aromatic carbocycles. The lowest BCUT2D eigenvalue weighted by Gasteiger charge is -2.22. The highest BCUT2D eigenvalue weighted by Crippen LogP contribution is 2.38. The van der Waals surface area contributed by atoms with Crippen molar-refractivity contribution in [3.8, 4) is 0 Å². The monoisotopic (exact) mass is 419 g/mol. The van der Waals surface area contributed by atoms with Gasteiger partial charge < -0.3 is 10.6 Å². The van der Waals surface area contributed by atoms with Crippen LogP contribution in [-0.4, -0.2) is 44.7 Å². The summed E-state index contributed by atoms with van der Waals surface area (Å²) in [6, 6.07) is 2.22. The molecule has 2 aromatic heterocycles. The van der Waals surface area contributed by atoms with Crippen molar-refractivity contribution in [2.45, 2.75) is 71.9 Å². The molecule has 1 saturated heterocycles. The van der Waals surface area contributed by atoms with Gasteiger partial charge in [0.15, 0.2) is 5.65 Å². The van der Waals surface area contributed by atoms with Crippen LogP contribution in [0.15, 0.2) is 6.07 Å². The van der Waals surface area contributed by atoms with Crippen LogP contribution in [0, 0.1) is 18.8 Å². The predicted molar refractivity (Wildman–Crippen MR) is 119 cm³/mol. The zero-order valence-electron chi connectivity index (χ0n) is 18.4. The molecule has 29 heavy (non-hydrogen) atoms. The lowest BCUT2D eigenvalue weighted by atomic mass is 9.98. The van der Waals surface area contributed by atoms with E-state index in [1.165, 1.54) is 0 Å². The third-order valence-corrected chi connectivity index (χ3v) is 6.49. The summed E-state index contributed by atoms with van der Waals surface area (Å²) in [4.78, 5) is 20.5. The Hall–Kier alpha value is -1.66. The van der Waals surface area contributed by atoms with Crippen LogP contribution in [-0.2, 0) is 5.54 Å². The molecule has 2 fully saturated rings. The van der Waals surface area contributed by atoms with Gasteiger partial charge in [-0.15, -0.1) is 12.4 Å². The van der Waals surface area contributed by atoms with Gasteiger partial charge in [-0.25, -0.2) is 9.67 Å². The van der Waals surface area contributed by atoms with Crippen molar-refractivity contribution in [3.05, 3.63) is 23.0 Å². The molecular weight excluding hydrogens is 386 g/mol. The highest BCUT2D eigenvalue weighted by atomic mass is 35.5. The van der Waals surface area contributed by atoms with Crippen molar-refractivity contribution in [1.29, 1.82) is 0 Å². The van der Waals surface area contributed by atoms with Crippen LogP contribution in [0.1, 0.15) is 75.1 Å². The Morgan fingerprint density at radius 1 is 1.24 bits per heavy atom. The van der Waals surface area contributed by atoms with Crippen molar-refractivity contribution >= 4 is 29.3 Å². The quantitative estimate of drug-likeness (QED) is 0.801. The summed E-state index contributed by atoms with van der Waals surface area (Å²) in [7, 11) is 0. The fraction of sp³-hybridized carbons (Fsp3) is 0.682. The Kier molecular flexibility index (Phi) is 5.73. The number of rotatable bonds is 2. The molecule has 2 aliphatic rings. The Labute approximate surface area is 179 Å². The number of nitrogens with two attached hydrogens (primary N) is 1. The van der Waals surface area contributed by atoms with E-state index in [1.807, 2.05) is 22.6 Å². The molecule has 2 aromatic rings. The van der Waals surface area contributed by atoms with E-state index < -0.39 is 0 Å². The molecule has 6 nitrogen and oxygen atoms in total. The van der Waals surface area contributed by atoms with Gasteiger partial charge in [-0.1, -0.05) is 13.8 Å². The molecule has 1 saturated carbocycles. The van der Waals surface area contributed by atoms with Gasteiger partial charge in [0.05, 0.1) is 22.2 Å². The molecular formula is C22H34ClN5O. The molecule has 0 radical (unpaired) electrons. The van der Waals surface area contributed by atoms with E-state index in [0.29, 0.717) is 11.8 Å². The van der Waals surface area contributed by atoms with Crippen LogP contribution in [0.25, 0.3) is 11.0 Å². The molecule has 2 N–H and O–H groups in total. The maximum absolute atomic E-state index is 13.6. The number of carbonyl (C=O) groups excluding carboxylic acids is 1. The number of hydrogen-bond acceptors (Lipinski definition) is 4. The maximum atomic E-state index is 13.6. The number of halogens is 1. The average molecular weight is 420 g/mol. The third-order valence-electron chi connectivity index (χ3n) is 6.49. The van der Waals surface area contributed by atoms with Gasteiger partial charge in [0.25, 0.3) is 5.91 Å². The molecule has 3 heterocycles. The Bertz CT molecular complexity index is 929. The van der Waals surface area contributed by atoms with E-state index in [4.69, 9.17) is 15.8 Å². The number of fused-ring (bicyclic) bond motifs is 2. The highest BCUT2D eigenvalue weighted by Gasteiger charge is 2.43. The second-order valence-electron chi connectivity index (χ2n) is 9.99. The number of amides is 1. The number of aryl methyl sites for hydroxylation is 1. The van der Waals surface area contributed by atoms with Gasteiger partial charge >= 0.3 is 0 Å². The molecule has 3 atom stereocenters. The second-order valence-corrected chi connectivity index (χ2v) is 9.99. The van der Waals surface area contributed by atoms with Crippen LogP contribution in [0.4, 0.5) is 0 Å². The fourth-order valence-corrected chi connectivity index (χ4v) is 4.88. The Balaban J connectivity index is 0.00000240. The minimum atomic E-state index is -0.202. The lowest BCUT2D eigenvalue weighted by molar-refractivity contribution is 0.0781. The summed E-state index contributed by atoms with van der Waals surface area (Å²) in [5, 5.41) is 5.66. The summed E-state index contributed by atoms with van der Waals surface area (Å²) < 4.78 is 1.97. The standard InChI is InChI=1S/C22H33N5O.ClH/c1-12(2)18-9-15(19-13(3)25-27(20(19)24-18)22(4,5)6)21(28)26-10-14-7-8-17(23)16(14)11-26;/h9,12,14,16-17H,7-8,10-11,23H2,1-6H3;1H. The van der Waals surface area contributed by atoms with Gasteiger partial charge in [0.2, 0.25) is 0 Å². The van der Waals surface area contributed by atoms with Crippen molar-refractivity contribution in [1.82, 2.24) is 19.7 Å². The number of likely N-dealkylation sites (tertiary alicyclic amines) is 1. The molecule has 3 unspecified atom stereocenters. The van der Waals surface area contributed by atoms with Gasteiger partial charge in [-0.3, -0.25) is 4.79 Å². The number of carbonyl (C=O) groups is 1. The van der Waals surface area contributed by atoms with Gasteiger partial charge in [-0.05, 0) is 64.4 Å². The normalized spacial score (nSPS) is 24.3. The summed E-state index contributed by atoms with van der Waals surface area (Å²) in [5.74, 6) is 1.35. The molecule has 1 amide bonds. The first-order chi connectivity index (χ1) is 13.1. The van der Waals surface area contributed by atoms with Crippen molar-refractivity contribution in [2.75, 3.05) is 13.1 Å². The van der Waals surface area contributed by atoms with Crippen molar-refractivity contribution in [2.24, 2.45) is 17.6 Å². The van der Waals surface area contributed by atoms with Crippen molar-refractivity contribution in [3.63, 3.8) is 0 Å². The van der Waals surface area contributed by atoms with Crippen LogP contribution in [0.5, 0.6) is 0 Å². The number of aromatic nitrogens is 3. The Morgan fingerprint density at radius 2 is 1.93 bits per heavy atom. The van der Waals surface area contributed by atoms with E-state index in [9.17, 15) is 4.79 Å². The summed E-state index contributed by atoms with van der Waals surface area (Å²) >= 11 is 0. The van der Waals surface area contributed by atoms with E-state index in [1.54, 1.807) is 0 Å². The zero-order chi connectivity index (χ0) is 20.4. The number of pyridine rings is 1. The summed E-state index contributed by atoms with van der Waals surface area (Å²) in [6.45, 7) is 14.2. The van der Waals surface area contributed by atoms with E-state index in [-0.39, 0.29) is 35.8 Å². The smallest absolute Gasteiger partial charge is 0.254 e. The lowest BCUT2D eigenvalue weighted by Crippen LogP contribution is -2.33. The second kappa shape index (κ2) is 7.55. The largest absolute Gasteiger partial charge is 0.338 e. The van der Waals surface area contributed by atoms with Crippen LogP contribution in [0.2, 0.25) is 0 Å². The van der Waals surface area contributed by atoms with Crippen LogP contribution >= 0.6 is 12.4 Å². The SMILES string of the molecule is Cc1nn(C(C)(C)C)c2nc(C(C)C)cc(C(=O)N3CC4CCC(N)C4C3)c12.Cl. The molecule has 4 rings (SSSR count). The minimum absolute atomic E-state index is 0. The first kappa shape index (κ1) is 22.0. The van der Waals surface area contributed by atoms with E-state index in [0.717, 1.165) is 53.9 Å². The van der Waals surface area contributed by atoms with Gasteiger partial charge in [0.1, 0.15) is 0 Å². The number of nitrogens with zero attached hydrogens (tertiary/aromatic N) is 4.